The van der Waals surface area contributed by atoms with Crippen LogP contribution in [0.1, 0.15) is 20.3 Å². The Morgan fingerprint density at radius 2 is 2.20 bits per heavy atom. The van der Waals surface area contributed by atoms with Crippen LogP contribution in [-0.2, 0) is 14.3 Å². The number of esters is 1. The first-order chi connectivity index (χ1) is 11.9. The summed E-state index contributed by atoms with van der Waals surface area (Å²) in [6, 6.07) is 7.99. The van der Waals surface area contributed by atoms with E-state index in [2.05, 4.69) is 15.3 Å². The number of nitrogens with one attached hydrogen (secondary N) is 2. The molecule has 7 heteroatoms. The summed E-state index contributed by atoms with van der Waals surface area (Å²) in [6.07, 6.45) is 2.01. The molecule has 2 N–H and O–H groups in total. The van der Waals surface area contributed by atoms with Gasteiger partial charge in [-0.2, -0.15) is 0 Å². The first kappa shape index (κ1) is 15.8. The van der Waals surface area contributed by atoms with Gasteiger partial charge >= 0.3 is 5.97 Å². The minimum Gasteiger partial charge on any atom is -0.459 e. The van der Waals surface area contributed by atoms with E-state index in [0.717, 1.165) is 22.2 Å². The number of anilines is 1. The molecule has 4 rings (SSSR count). The minimum absolute atomic E-state index is 0.0967. The highest BCUT2D eigenvalue weighted by Crippen LogP contribution is 2.35. The number of benzene rings is 1. The molecule has 3 heterocycles. The van der Waals surface area contributed by atoms with Crippen LogP contribution in [0.25, 0.3) is 22.2 Å². The molecule has 1 fully saturated rings. The van der Waals surface area contributed by atoms with Crippen LogP contribution in [-0.4, -0.2) is 27.4 Å². The predicted molar refractivity (Wildman–Crippen MR) is 96.3 cm³/mol. The number of aromatic nitrogens is 2. The molecule has 1 aliphatic heterocycles. The first-order valence-electron chi connectivity index (χ1n) is 7.99. The fourth-order valence-electron chi connectivity index (χ4n) is 3.16. The van der Waals surface area contributed by atoms with Gasteiger partial charge in [0, 0.05) is 28.0 Å². The van der Waals surface area contributed by atoms with Crippen molar-refractivity contribution in [1.82, 2.24) is 9.97 Å². The largest absolute Gasteiger partial charge is 0.459 e. The van der Waals surface area contributed by atoms with E-state index in [1.165, 1.54) is 11.3 Å². The molecule has 25 heavy (non-hydrogen) atoms. The van der Waals surface area contributed by atoms with Gasteiger partial charge in [-0.05, 0) is 19.9 Å². The Bertz CT molecular complexity index is 973. The third kappa shape index (κ3) is 2.80. The van der Waals surface area contributed by atoms with E-state index in [1.54, 1.807) is 13.8 Å². The summed E-state index contributed by atoms with van der Waals surface area (Å²) in [7, 11) is 0. The van der Waals surface area contributed by atoms with Crippen molar-refractivity contribution in [3.63, 3.8) is 0 Å². The van der Waals surface area contributed by atoms with Gasteiger partial charge in [-0.3, -0.25) is 9.59 Å². The number of cyclic esters (lactones) is 1. The van der Waals surface area contributed by atoms with Crippen LogP contribution in [0.15, 0.2) is 35.8 Å². The molecule has 1 saturated heterocycles. The van der Waals surface area contributed by atoms with E-state index in [4.69, 9.17) is 4.74 Å². The Morgan fingerprint density at radius 3 is 2.96 bits per heavy atom. The van der Waals surface area contributed by atoms with Crippen molar-refractivity contribution in [3.05, 3.63) is 35.8 Å². The van der Waals surface area contributed by atoms with Crippen LogP contribution in [0.4, 0.5) is 5.13 Å². The van der Waals surface area contributed by atoms with Gasteiger partial charge in [0.25, 0.3) is 0 Å². The molecular weight excluding hydrogens is 338 g/mol. The summed E-state index contributed by atoms with van der Waals surface area (Å²) < 4.78 is 5.21. The van der Waals surface area contributed by atoms with Crippen molar-refractivity contribution in [1.29, 1.82) is 0 Å². The van der Waals surface area contributed by atoms with E-state index >= 15 is 0 Å². The molecule has 2 aromatic heterocycles. The van der Waals surface area contributed by atoms with Crippen molar-refractivity contribution >= 4 is 39.2 Å². The lowest BCUT2D eigenvalue weighted by atomic mass is 9.90. The highest BCUT2D eigenvalue weighted by atomic mass is 32.1. The normalized spacial score (nSPS) is 19.1. The maximum absolute atomic E-state index is 12.5. The van der Waals surface area contributed by atoms with Crippen molar-refractivity contribution in [2.24, 2.45) is 5.92 Å². The van der Waals surface area contributed by atoms with E-state index in [9.17, 15) is 9.59 Å². The summed E-state index contributed by atoms with van der Waals surface area (Å²) in [4.78, 5) is 31.7. The number of carbonyl (C=O) groups excluding carboxylic acids is 2. The Kier molecular flexibility index (Phi) is 3.61. The van der Waals surface area contributed by atoms with Gasteiger partial charge in [0.15, 0.2) is 5.13 Å². The molecule has 0 bridgehead atoms. The molecule has 1 aliphatic rings. The molecule has 1 unspecified atom stereocenters. The van der Waals surface area contributed by atoms with Crippen molar-refractivity contribution in [3.8, 4) is 11.3 Å². The number of carbonyl (C=O) groups is 2. The highest BCUT2D eigenvalue weighted by Gasteiger charge is 2.46. The van der Waals surface area contributed by atoms with Crippen LogP contribution >= 0.6 is 11.3 Å². The average Bonchev–Trinajstić information content (AvgIpc) is 3.23. The smallest absolute Gasteiger partial charge is 0.307 e. The number of para-hydroxylation sites is 1. The van der Waals surface area contributed by atoms with Gasteiger partial charge < -0.3 is 15.0 Å². The van der Waals surface area contributed by atoms with Gasteiger partial charge in [0.1, 0.15) is 5.60 Å². The molecule has 128 valence electrons. The third-order valence-corrected chi connectivity index (χ3v) is 5.26. The van der Waals surface area contributed by atoms with E-state index in [-0.39, 0.29) is 18.3 Å². The second-order valence-electron chi connectivity index (χ2n) is 6.61. The summed E-state index contributed by atoms with van der Waals surface area (Å²) in [6.45, 7) is 3.50. The van der Waals surface area contributed by atoms with Crippen LogP contribution in [0, 0.1) is 5.92 Å². The molecule has 0 radical (unpaired) electrons. The topological polar surface area (TPSA) is 84.1 Å². The second-order valence-corrected chi connectivity index (χ2v) is 7.47. The average molecular weight is 355 g/mol. The van der Waals surface area contributed by atoms with Gasteiger partial charge in [0.05, 0.1) is 18.0 Å². The third-order valence-electron chi connectivity index (χ3n) is 4.50. The van der Waals surface area contributed by atoms with Gasteiger partial charge in [-0.15, -0.1) is 11.3 Å². The fraction of sp³-hybridized carbons (Fsp3) is 0.278. The Hall–Kier alpha value is -2.67. The molecule has 1 atom stereocenters. The van der Waals surface area contributed by atoms with Gasteiger partial charge in [-0.1, -0.05) is 18.2 Å². The Labute approximate surface area is 148 Å². The lowest BCUT2D eigenvalue weighted by molar-refractivity contribution is -0.147. The zero-order valence-electron chi connectivity index (χ0n) is 13.8. The molecule has 1 aromatic carbocycles. The minimum atomic E-state index is -0.794. The maximum atomic E-state index is 12.5. The summed E-state index contributed by atoms with van der Waals surface area (Å²) >= 11 is 1.36. The number of H-pyrrole nitrogens is 1. The maximum Gasteiger partial charge on any atom is 0.307 e. The first-order valence-corrected chi connectivity index (χ1v) is 8.87. The van der Waals surface area contributed by atoms with Gasteiger partial charge in [-0.25, -0.2) is 4.98 Å². The number of fused-ring (bicyclic) bond motifs is 1. The Balaban J connectivity index is 1.56. The Morgan fingerprint density at radius 1 is 1.40 bits per heavy atom. The molecule has 3 aromatic rings. The summed E-state index contributed by atoms with van der Waals surface area (Å²) in [5, 5.41) is 6.32. The lowest BCUT2D eigenvalue weighted by Gasteiger charge is -2.23. The van der Waals surface area contributed by atoms with Gasteiger partial charge in [0.2, 0.25) is 5.91 Å². The molecule has 0 saturated carbocycles. The van der Waals surface area contributed by atoms with Crippen molar-refractivity contribution in [2.75, 3.05) is 5.32 Å². The standard InChI is InChI=1S/C18H17N3O3S/c1-18(2)12(7-15(22)24-18)16(23)21-17-20-14(9-25-17)11-8-19-13-6-4-3-5-10(11)13/h3-6,8-9,12,19H,7H2,1-2H3,(H,20,21,23). The van der Waals surface area contributed by atoms with Crippen LogP contribution in [0.3, 0.4) is 0 Å². The summed E-state index contributed by atoms with van der Waals surface area (Å²) in [5.74, 6) is -1.10. The van der Waals surface area contributed by atoms with Crippen molar-refractivity contribution < 1.29 is 14.3 Å². The molecule has 1 amide bonds. The second kappa shape index (κ2) is 5.70. The van der Waals surface area contributed by atoms with E-state index in [0.29, 0.717) is 5.13 Å². The lowest BCUT2D eigenvalue weighted by Crippen LogP contribution is -2.36. The van der Waals surface area contributed by atoms with Crippen LogP contribution in [0.2, 0.25) is 0 Å². The van der Waals surface area contributed by atoms with Crippen LogP contribution in [0.5, 0.6) is 0 Å². The highest BCUT2D eigenvalue weighted by molar-refractivity contribution is 7.14. The monoisotopic (exact) mass is 355 g/mol. The van der Waals surface area contributed by atoms with Crippen LogP contribution < -0.4 is 5.32 Å². The summed E-state index contributed by atoms with van der Waals surface area (Å²) in [5.41, 5.74) is 2.04. The number of thiazole rings is 1. The molecule has 0 spiro atoms. The fourth-order valence-corrected chi connectivity index (χ4v) is 3.87. The molecular formula is C18H17N3O3S. The predicted octanol–water partition coefficient (Wildman–Crippen LogP) is 3.57. The van der Waals surface area contributed by atoms with E-state index in [1.807, 2.05) is 35.8 Å². The number of rotatable bonds is 3. The number of nitrogens with zero attached hydrogens (tertiary/aromatic N) is 1. The molecule has 0 aliphatic carbocycles. The number of hydrogen-bond donors (Lipinski definition) is 2. The number of ether oxygens (including phenoxy) is 1. The quantitative estimate of drug-likeness (QED) is 0.704. The zero-order valence-corrected chi connectivity index (χ0v) is 14.6. The number of amides is 1. The van der Waals surface area contributed by atoms with Crippen molar-refractivity contribution in [2.45, 2.75) is 25.9 Å². The number of hydrogen-bond acceptors (Lipinski definition) is 5. The van der Waals surface area contributed by atoms with E-state index < -0.39 is 11.5 Å². The SMILES string of the molecule is CC1(C)OC(=O)CC1C(=O)Nc1nc(-c2c[nH]c3ccccc23)cs1. The number of aromatic amines is 1. The molecule has 6 nitrogen and oxygen atoms in total. The zero-order chi connectivity index (χ0) is 17.6.